The zero-order chi connectivity index (χ0) is 27.6. The predicted octanol–water partition coefficient (Wildman–Crippen LogP) is 5.08. The molecule has 206 valence electrons. The number of likely N-dealkylation sites (tertiary alicyclic amines) is 1. The van der Waals surface area contributed by atoms with Crippen molar-refractivity contribution in [1.29, 1.82) is 0 Å². The van der Waals surface area contributed by atoms with Gasteiger partial charge in [-0.15, -0.1) is 0 Å². The Kier molecular flexibility index (Phi) is 8.19. The molecular weight excluding hydrogens is 517 g/mol. The van der Waals surface area contributed by atoms with E-state index in [9.17, 15) is 4.79 Å². The van der Waals surface area contributed by atoms with E-state index in [2.05, 4.69) is 10.3 Å². The molecule has 2 fully saturated rings. The van der Waals surface area contributed by atoms with Crippen LogP contribution in [0.3, 0.4) is 0 Å². The van der Waals surface area contributed by atoms with E-state index in [1.54, 1.807) is 37.7 Å². The fourth-order valence-electron chi connectivity index (χ4n) is 5.46. The van der Waals surface area contributed by atoms with E-state index in [1.165, 1.54) is 18.9 Å². The Morgan fingerprint density at radius 3 is 2.64 bits per heavy atom. The molecule has 0 spiro atoms. The van der Waals surface area contributed by atoms with Gasteiger partial charge < -0.3 is 21.5 Å². The van der Waals surface area contributed by atoms with Crippen molar-refractivity contribution in [2.45, 2.75) is 56.3 Å². The van der Waals surface area contributed by atoms with Crippen LogP contribution in [0.15, 0.2) is 60.9 Å². The maximum Gasteiger partial charge on any atom is 0.241 e. The summed E-state index contributed by atoms with van der Waals surface area (Å²) in [5.74, 6) is -0.116. The third kappa shape index (κ3) is 6.25. The normalized spacial score (nSPS) is 21.0. The number of nitrogen functional groups attached to an aromatic ring is 1. The molecule has 1 aliphatic heterocycles. The summed E-state index contributed by atoms with van der Waals surface area (Å²) < 4.78 is 20.6. The minimum Gasteiger partial charge on any atom is -0.398 e. The van der Waals surface area contributed by atoms with Crippen LogP contribution >= 0.6 is 11.6 Å². The molecule has 2 heterocycles. The first-order valence-corrected chi connectivity index (χ1v) is 13.8. The lowest BCUT2D eigenvalue weighted by Gasteiger charge is -2.31. The maximum atomic E-state index is 15.1. The minimum absolute atomic E-state index is 0.115. The lowest BCUT2D eigenvalue weighted by atomic mass is 9.79. The summed E-state index contributed by atoms with van der Waals surface area (Å²) in [5, 5.41) is 3.33. The first-order valence-electron chi connectivity index (χ1n) is 13.4. The molecule has 5 rings (SSSR count). The second-order valence-corrected chi connectivity index (χ2v) is 11.2. The Hall–Kier alpha value is -3.04. The summed E-state index contributed by atoms with van der Waals surface area (Å²) in [7, 11) is 1.63. The number of nitrogens with one attached hydrogen (secondary N) is 1. The zero-order valence-electron chi connectivity index (χ0n) is 22.1. The molecule has 39 heavy (non-hydrogen) atoms. The van der Waals surface area contributed by atoms with E-state index in [0.717, 1.165) is 29.5 Å². The third-order valence-corrected chi connectivity index (χ3v) is 8.37. The number of ether oxygens (including phenoxy) is 1. The highest BCUT2D eigenvalue weighted by Crippen LogP contribution is 2.40. The lowest BCUT2D eigenvalue weighted by Crippen LogP contribution is -2.40. The number of aromatic nitrogens is 1. The number of pyridine rings is 1. The van der Waals surface area contributed by atoms with E-state index < -0.39 is 17.4 Å². The fourth-order valence-corrected chi connectivity index (χ4v) is 5.58. The van der Waals surface area contributed by atoms with Gasteiger partial charge in [-0.05, 0) is 78.3 Å². The number of hydrogen-bond acceptors (Lipinski definition) is 6. The summed E-state index contributed by atoms with van der Waals surface area (Å²) >= 11 is 6.08. The van der Waals surface area contributed by atoms with Gasteiger partial charge in [0.25, 0.3) is 0 Å². The van der Waals surface area contributed by atoms with Crippen LogP contribution in [0, 0.1) is 11.7 Å². The highest BCUT2D eigenvalue weighted by atomic mass is 35.5. The van der Waals surface area contributed by atoms with Crippen LogP contribution in [0.1, 0.15) is 48.8 Å². The van der Waals surface area contributed by atoms with Gasteiger partial charge in [-0.25, -0.2) is 4.39 Å². The Morgan fingerprint density at radius 2 is 1.95 bits per heavy atom. The van der Waals surface area contributed by atoms with Crippen molar-refractivity contribution in [2.75, 3.05) is 24.7 Å². The van der Waals surface area contributed by atoms with E-state index in [0.29, 0.717) is 36.1 Å². The van der Waals surface area contributed by atoms with Crippen molar-refractivity contribution in [3.63, 3.8) is 0 Å². The van der Waals surface area contributed by atoms with Gasteiger partial charge in [0.05, 0.1) is 34.1 Å². The molecule has 5 N–H and O–H groups in total. The van der Waals surface area contributed by atoms with Gasteiger partial charge in [-0.2, -0.15) is 0 Å². The van der Waals surface area contributed by atoms with Crippen molar-refractivity contribution >= 4 is 28.9 Å². The van der Waals surface area contributed by atoms with Crippen molar-refractivity contribution in [3.8, 4) is 0 Å². The summed E-state index contributed by atoms with van der Waals surface area (Å²) in [6.07, 6.45) is 7.96. The Morgan fingerprint density at radius 1 is 1.18 bits per heavy atom. The molecule has 7 nitrogen and oxygen atoms in total. The first-order chi connectivity index (χ1) is 18.8. The molecule has 0 bridgehead atoms. The predicted molar refractivity (Wildman–Crippen MR) is 152 cm³/mol. The van der Waals surface area contributed by atoms with Crippen LogP contribution in [0.25, 0.3) is 0 Å². The van der Waals surface area contributed by atoms with E-state index >= 15 is 4.39 Å². The Balaban J connectivity index is 1.38. The summed E-state index contributed by atoms with van der Waals surface area (Å²) in [4.78, 5) is 19.7. The number of hydrogen-bond donors (Lipinski definition) is 3. The molecule has 1 aromatic heterocycles. The smallest absolute Gasteiger partial charge is 0.241 e. The number of nitrogens with zero attached hydrogens (tertiary/aromatic N) is 2. The highest BCUT2D eigenvalue weighted by Gasteiger charge is 2.38. The van der Waals surface area contributed by atoms with Gasteiger partial charge in [0.15, 0.2) is 0 Å². The number of carbonyl (C=O) groups is 1. The third-order valence-electron chi connectivity index (χ3n) is 8.03. The number of methoxy groups -OCH3 is 1. The minimum atomic E-state index is -0.826. The molecule has 1 saturated carbocycles. The highest BCUT2D eigenvalue weighted by molar-refractivity contribution is 6.33. The SMILES string of the molecule is CO[C@@H]1C[C@H](C(=O)Nc2cc(C(N)(CCC3CC3)c3ccncc3)ccc2F)N(Cc2ccc(Cl)c(N)c2)C1. The van der Waals surface area contributed by atoms with Gasteiger partial charge in [-0.1, -0.05) is 36.6 Å². The molecule has 9 heteroatoms. The van der Waals surface area contributed by atoms with Crippen LogP contribution in [0.4, 0.5) is 15.8 Å². The average molecular weight is 552 g/mol. The summed E-state index contributed by atoms with van der Waals surface area (Å²) in [6, 6.07) is 13.5. The van der Waals surface area contributed by atoms with Gasteiger partial charge >= 0.3 is 0 Å². The topological polar surface area (TPSA) is 106 Å². The van der Waals surface area contributed by atoms with Gasteiger partial charge in [0.1, 0.15) is 5.82 Å². The number of halogens is 2. The maximum absolute atomic E-state index is 15.1. The molecular formula is C30H35ClFN5O2. The average Bonchev–Trinajstić information content (AvgIpc) is 3.69. The Bertz CT molecular complexity index is 1320. The van der Waals surface area contributed by atoms with Crippen LogP contribution in [-0.2, 0) is 21.6 Å². The molecule has 1 aliphatic carbocycles. The Labute approximate surface area is 233 Å². The van der Waals surface area contributed by atoms with Gasteiger partial charge in [-0.3, -0.25) is 14.7 Å². The second kappa shape index (κ2) is 11.6. The van der Waals surface area contributed by atoms with E-state index in [4.69, 9.17) is 27.8 Å². The number of nitrogens with two attached hydrogens (primary N) is 2. The zero-order valence-corrected chi connectivity index (χ0v) is 22.8. The number of amides is 1. The van der Waals surface area contributed by atoms with Crippen molar-refractivity contribution in [3.05, 3.63) is 88.5 Å². The van der Waals surface area contributed by atoms with Crippen LogP contribution < -0.4 is 16.8 Å². The first kappa shape index (κ1) is 27.5. The fraction of sp³-hybridized carbons (Fsp3) is 0.400. The molecule has 2 aromatic carbocycles. The standard InChI is InChI=1S/C30H35ClFN5O2/c1-39-23-16-28(37(18-23)17-20-4-6-24(31)26(33)14-20)29(38)36-27-15-22(5-7-25(27)32)30(34,11-8-19-2-3-19)21-9-12-35-13-10-21/h4-7,9-10,12-15,19,23,28H,2-3,8,11,16-18,33-34H2,1H3,(H,36,38)/t23-,28-,30?/m1/s1. The number of benzene rings is 2. The lowest BCUT2D eigenvalue weighted by molar-refractivity contribution is -0.120. The van der Waals surface area contributed by atoms with Crippen molar-refractivity contribution in [2.24, 2.45) is 11.7 Å². The largest absolute Gasteiger partial charge is 0.398 e. The van der Waals surface area contributed by atoms with E-state index in [1.807, 2.05) is 29.2 Å². The molecule has 0 radical (unpaired) electrons. The molecule has 1 saturated heterocycles. The quantitative estimate of drug-likeness (QED) is 0.303. The van der Waals surface area contributed by atoms with Crippen LogP contribution in [0.2, 0.25) is 5.02 Å². The molecule has 3 atom stereocenters. The van der Waals surface area contributed by atoms with Crippen molar-refractivity contribution in [1.82, 2.24) is 9.88 Å². The van der Waals surface area contributed by atoms with Gasteiger partial charge in [0, 0.05) is 32.6 Å². The molecule has 1 unspecified atom stereocenters. The summed E-state index contributed by atoms with van der Waals surface area (Å²) in [5.41, 5.74) is 15.4. The molecule has 3 aromatic rings. The number of rotatable bonds is 10. The second-order valence-electron chi connectivity index (χ2n) is 10.8. The monoisotopic (exact) mass is 551 g/mol. The van der Waals surface area contributed by atoms with Crippen molar-refractivity contribution < 1.29 is 13.9 Å². The molecule has 2 aliphatic rings. The van der Waals surface area contributed by atoms with Crippen LogP contribution in [-0.4, -0.2) is 41.6 Å². The van der Waals surface area contributed by atoms with Gasteiger partial charge in [0.2, 0.25) is 5.91 Å². The number of anilines is 2. The van der Waals surface area contributed by atoms with Crippen LogP contribution in [0.5, 0.6) is 0 Å². The summed E-state index contributed by atoms with van der Waals surface area (Å²) in [6.45, 7) is 1.05. The number of carbonyl (C=O) groups excluding carboxylic acids is 1. The molecule has 1 amide bonds. The van der Waals surface area contributed by atoms with E-state index in [-0.39, 0.29) is 17.7 Å².